The van der Waals surface area contributed by atoms with Gasteiger partial charge in [0.1, 0.15) is 6.10 Å². The molecule has 0 aromatic heterocycles. The fourth-order valence-corrected chi connectivity index (χ4v) is 3.17. The molecule has 1 atom stereocenters. The highest BCUT2D eigenvalue weighted by atomic mass is 32.1. The van der Waals surface area contributed by atoms with Gasteiger partial charge < -0.3 is 19.7 Å². The van der Waals surface area contributed by atoms with Crippen molar-refractivity contribution in [3.8, 4) is 0 Å². The zero-order chi connectivity index (χ0) is 18.0. The van der Waals surface area contributed by atoms with E-state index in [2.05, 4.69) is 5.32 Å². The molecule has 0 bridgehead atoms. The number of fused-ring (bicyclic) bond motifs is 1. The number of nitrogens with one attached hydrogen (secondary N) is 1. The van der Waals surface area contributed by atoms with Gasteiger partial charge in [-0.3, -0.25) is 4.90 Å². The molecule has 134 valence electrons. The molecule has 1 N–H and O–H groups in total. The van der Waals surface area contributed by atoms with Gasteiger partial charge in [-0.25, -0.2) is 9.59 Å². The summed E-state index contributed by atoms with van der Waals surface area (Å²) >= 11 is 4.98. The summed E-state index contributed by atoms with van der Waals surface area (Å²) in [6.07, 6.45) is -0.157. The van der Waals surface area contributed by atoms with Crippen molar-refractivity contribution >= 4 is 35.1 Å². The zero-order valence-corrected chi connectivity index (χ0v) is 15.1. The lowest BCUT2D eigenvalue weighted by Crippen LogP contribution is -2.36. The monoisotopic (exact) mass is 363 g/mol. The van der Waals surface area contributed by atoms with Crippen LogP contribution in [0.3, 0.4) is 0 Å². The third-order valence-electron chi connectivity index (χ3n) is 4.40. The van der Waals surface area contributed by atoms with Crippen LogP contribution in [0.4, 0.5) is 15.3 Å². The summed E-state index contributed by atoms with van der Waals surface area (Å²) in [6.45, 7) is 3.92. The lowest BCUT2D eigenvalue weighted by Gasteiger charge is -2.28. The SMILES string of the molecule is COC(=O)N1CCc2cc(N3C[C@H](CNC(C)=S)OC3=O)ccc2C1. The molecule has 0 spiro atoms. The van der Waals surface area contributed by atoms with Crippen molar-refractivity contribution in [2.75, 3.05) is 31.6 Å². The molecule has 1 fully saturated rings. The quantitative estimate of drug-likeness (QED) is 0.829. The molecule has 0 aliphatic carbocycles. The lowest BCUT2D eigenvalue weighted by molar-refractivity contribution is 0.118. The first-order valence-corrected chi connectivity index (χ1v) is 8.56. The van der Waals surface area contributed by atoms with E-state index in [0.717, 1.165) is 23.2 Å². The van der Waals surface area contributed by atoms with Crippen molar-refractivity contribution in [3.63, 3.8) is 0 Å². The van der Waals surface area contributed by atoms with Gasteiger partial charge >= 0.3 is 12.2 Å². The number of rotatable bonds is 3. The van der Waals surface area contributed by atoms with Crippen LogP contribution >= 0.6 is 12.2 Å². The number of hydrogen-bond acceptors (Lipinski definition) is 5. The molecule has 1 saturated heterocycles. The largest absolute Gasteiger partial charge is 0.453 e. The van der Waals surface area contributed by atoms with Gasteiger partial charge in [-0.15, -0.1) is 0 Å². The number of thiocarbonyl (C=S) groups is 1. The van der Waals surface area contributed by atoms with Crippen molar-refractivity contribution in [2.24, 2.45) is 0 Å². The van der Waals surface area contributed by atoms with Gasteiger partial charge in [-0.05, 0) is 36.6 Å². The van der Waals surface area contributed by atoms with E-state index in [1.165, 1.54) is 7.11 Å². The fourth-order valence-electron chi connectivity index (χ4n) is 3.09. The summed E-state index contributed by atoms with van der Waals surface area (Å²) in [7, 11) is 1.39. The van der Waals surface area contributed by atoms with E-state index >= 15 is 0 Å². The van der Waals surface area contributed by atoms with E-state index in [1.54, 1.807) is 16.7 Å². The van der Waals surface area contributed by atoms with Gasteiger partial charge in [0.05, 0.1) is 25.2 Å². The van der Waals surface area contributed by atoms with Gasteiger partial charge in [0.15, 0.2) is 0 Å². The predicted octanol–water partition coefficient (Wildman–Crippen LogP) is 2.07. The second-order valence-electron chi connectivity index (χ2n) is 6.15. The zero-order valence-electron chi connectivity index (χ0n) is 14.3. The highest BCUT2D eigenvalue weighted by Gasteiger charge is 2.33. The topological polar surface area (TPSA) is 71.1 Å². The number of nitrogens with zero attached hydrogens (tertiary/aromatic N) is 2. The van der Waals surface area contributed by atoms with Crippen LogP contribution in [-0.2, 0) is 22.4 Å². The minimum absolute atomic E-state index is 0.226. The molecule has 7 nitrogen and oxygen atoms in total. The maximum absolute atomic E-state index is 12.2. The van der Waals surface area contributed by atoms with Crippen LogP contribution in [0.25, 0.3) is 0 Å². The molecule has 8 heteroatoms. The van der Waals surface area contributed by atoms with Crippen LogP contribution < -0.4 is 10.2 Å². The Morgan fingerprint density at radius 3 is 2.96 bits per heavy atom. The Kier molecular flexibility index (Phi) is 5.08. The third kappa shape index (κ3) is 3.84. The maximum Gasteiger partial charge on any atom is 0.414 e. The fraction of sp³-hybridized carbons (Fsp3) is 0.471. The third-order valence-corrected chi connectivity index (χ3v) is 4.54. The summed E-state index contributed by atoms with van der Waals surface area (Å²) in [5.74, 6) is 0. The Morgan fingerprint density at radius 2 is 2.24 bits per heavy atom. The second-order valence-corrected chi connectivity index (χ2v) is 6.76. The molecular weight excluding hydrogens is 342 g/mol. The summed E-state index contributed by atoms with van der Waals surface area (Å²) in [5.41, 5.74) is 3.03. The van der Waals surface area contributed by atoms with Gasteiger partial charge in [-0.1, -0.05) is 18.3 Å². The van der Waals surface area contributed by atoms with Crippen LogP contribution in [0.1, 0.15) is 18.1 Å². The highest BCUT2D eigenvalue weighted by Crippen LogP contribution is 2.27. The molecule has 2 aliphatic heterocycles. The van der Waals surface area contributed by atoms with Crippen LogP contribution in [-0.4, -0.2) is 54.9 Å². The number of benzene rings is 1. The summed E-state index contributed by atoms with van der Waals surface area (Å²) in [5, 5.41) is 3.03. The van der Waals surface area contributed by atoms with Crippen molar-refractivity contribution in [1.82, 2.24) is 10.2 Å². The number of methoxy groups -OCH3 is 1. The van der Waals surface area contributed by atoms with Crippen molar-refractivity contribution < 1.29 is 19.1 Å². The molecule has 2 aliphatic rings. The van der Waals surface area contributed by atoms with Crippen LogP contribution in [0, 0.1) is 0 Å². The summed E-state index contributed by atoms with van der Waals surface area (Å²) < 4.78 is 10.2. The highest BCUT2D eigenvalue weighted by molar-refractivity contribution is 7.80. The second kappa shape index (κ2) is 7.26. The molecular formula is C17H21N3O4S. The van der Waals surface area contributed by atoms with E-state index in [-0.39, 0.29) is 18.3 Å². The van der Waals surface area contributed by atoms with Gasteiger partial charge in [0.2, 0.25) is 0 Å². The number of carbonyl (C=O) groups excluding carboxylic acids is 2. The molecule has 2 amide bonds. The van der Waals surface area contributed by atoms with E-state index in [4.69, 9.17) is 21.7 Å². The molecule has 25 heavy (non-hydrogen) atoms. The Hall–Kier alpha value is -2.35. The van der Waals surface area contributed by atoms with Crippen molar-refractivity contribution in [2.45, 2.75) is 26.0 Å². The normalized spacial score (nSPS) is 19.3. The number of cyclic esters (lactones) is 1. The van der Waals surface area contributed by atoms with Gasteiger partial charge in [0.25, 0.3) is 0 Å². The Labute approximate surface area is 151 Å². The Morgan fingerprint density at radius 1 is 1.44 bits per heavy atom. The average molecular weight is 363 g/mol. The molecule has 3 rings (SSSR count). The number of amides is 2. The van der Waals surface area contributed by atoms with Gasteiger partial charge in [0, 0.05) is 18.8 Å². The maximum atomic E-state index is 12.2. The standard InChI is InChI=1S/C17H21N3O4S/c1-11(25)18-8-15-10-20(17(22)24-15)14-4-3-13-9-19(16(21)23-2)6-5-12(13)7-14/h3-4,7,15H,5-6,8-10H2,1-2H3,(H,18,25)/t15-/m0/s1. The number of hydrogen-bond donors (Lipinski definition) is 1. The van der Waals surface area contributed by atoms with Crippen molar-refractivity contribution in [1.29, 1.82) is 0 Å². The molecule has 0 radical (unpaired) electrons. The number of ether oxygens (including phenoxy) is 2. The predicted molar refractivity (Wildman–Crippen MR) is 96.9 cm³/mol. The summed E-state index contributed by atoms with van der Waals surface area (Å²) in [6, 6.07) is 5.85. The van der Waals surface area contributed by atoms with E-state index in [0.29, 0.717) is 31.2 Å². The molecule has 1 aromatic carbocycles. The smallest absolute Gasteiger partial charge is 0.414 e. The van der Waals surface area contributed by atoms with Crippen LogP contribution in [0.15, 0.2) is 18.2 Å². The first-order valence-electron chi connectivity index (χ1n) is 8.15. The Bertz CT molecular complexity index is 709. The number of carbonyl (C=O) groups is 2. The average Bonchev–Trinajstić information content (AvgIpc) is 2.99. The van der Waals surface area contributed by atoms with Crippen LogP contribution in [0.5, 0.6) is 0 Å². The first kappa shape index (κ1) is 17.5. The Balaban J connectivity index is 1.69. The molecule has 0 saturated carbocycles. The van der Waals surface area contributed by atoms with E-state index in [9.17, 15) is 9.59 Å². The van der Waals surface area contributed by atoms with E-state index in [1.807, 2.05) is 18.2 Å². The first-order chi connectivity index (χ1) is 12.0. The van der Waals surface area contributed by atoms with Gasteiger partial charge in [-0.2, -0.15) is 0 Å². The minimum atomic E-state index is -0.347. The molecule has 1 aromatic rings. The molecule has 0 unspecified atom stereocenters. The lowest BCUT2D eigenvalue weighted by atomic mass is 9.99. The summed E-state index contributed by atoms with van der Waals surface area (Å²) in [4.78, 5) is 27.8. The van der Waals surface area contributed by atoms with Crippen molar-refractivity contribution in [3.05, 3.63) is 29.3 Å². The van der Waals surface area contributed by atoms with Crippen LogP contribution in [0.2, 0.25) is 0 Å². The number of anilines is 1. The molecule has 2 heterocycles. The van der Waals surface area contributed by atoms with E-state index < -0.39 is 0 Å². The minimum Gasteiger partial charge on any atom is -0.453 e.